The van der Waals surface area contributed by atoms with Crippen molar-refractivity contribution < 1.29 is 0 Å². The second-order valence-electron chi connectivity index (χ2n) is 4.39. The number of rotatable bonds is 4. The summed E-state index contributed by atoms with van der Waals surface area (Å²) in [4.78, 5) is 4.35. The Morgan fingerprint density at radius 1 is 1.39 bits per heavy atom. The number of halogens is 1. The highest BCUT2D eigenvalue weighted by Crippen LogP contribution is 2.21. The lowest BCUT2D eigenvalue weighted by atomic mass is 10.2. The minimum atomic E-state index is 0.691. The van der Waals surface area contributed by atoms with E-state index < -0.39 is 0 Å². The first kappa shape index (κ1) is 13.1. The standard InChI is InChI=1S/C12H18ClN5/c1-8-11(12(13)17(4)16-8)7-18-9(2)15-6-10(18)5-14-3/h6,14H,5,7H2,1-4H3. The summed E-state index contributed by atoms with van der Waals surface area (Å²) >= 11 is 6.26. The fourth-order valence-corrected chi connectivity index (χ4v) is 2.30. The summed E-state index contributed by atoms with van der Waals surface area (Å²) < 4.78 is 3.86. The van der Waals surface area contributed by atoms with Gasteiger partial charge in [-0.15, -0.1) is 0 Å². The van der Waals surface area contributed by atoms with Crippen LogP contribution in [0.25, 0.3) is 0 Å². The average molecular weight is 268 g/mol. The van der Waals surface area contributed by atoms with Crippen LogP contribution in [0, 0.1) is 13.8 Å². The van der Waals surface area contributed by atoms with Crippen LogP contribution in [0.15, 0.2) is 6.20 Å². The molecule has 0 atom stereocenters. The second-order valence-corrected chi connectivity index (χ2v) is 4.75. The van der Waals surface area contributed by atoms with Crippen molar-refractivity contribution in [2.24, 2.45) is 7.05 Å². The van der Waals surface area contributed by atoms with E-state index in [0.29, 0.717) is 11.7 Å². The first-order valence-corrected chi connectivity index (χ1v) is 6.26. The molecule has 2 aromatic heterocycles. The summed E-state index contributed by atoms with van der Waals surface area (Å²) in [5, 5.41) is 8.17. The van der Waals surface area contributed by atoms with E-state index >= 15 is 0 Å². The third-order valence-corrected chi connectivity index (χ3v) is 3.55. The maximum atomic E-state index is 6.26. The molecule has 0 fully saturated rings. The third kappa shape index (κ3) is 2.28. The number of nitrogens with one attached hydrogen (secondary N) is 1. The molecule has 98 valence electrons. The summed E-state index contributed by atoms with van der Waals surface area (Å²) in [6.45, 7) is 5.48. The number of aryl methyl sites for hydroxylation is 3. The predicted octanol–water partition coefficient (Wildman–Crippen LogP) is 1.65. The van der Waals surface area contributed by atoms with Gasteiger partial charge in [0.2, 0.25) is 0 Å². The molecule has 0 saturated carbocycles. The van der Waals surface area contributed by atoms with E-state index in [2.05, 4.69) is 20.0 Å². The Hall–Kier alpha value is -1.33. The number of aromatic nitrogens is 4. The van der Waals surface area contributed by atoms with Gasteiger partial charge in [-0.25, -0.2) is 4.98 Å². The highest BCUT2D eigenvalue weighted by atomic mass is 35.5. The number of hydrogen-bond donors (Lipinski definition) is 1. The molecular formula is C12H18ClN5. The van der Waals surface area contributed by atoms with Crippen LogP contribution in [0.2, 0.25) is 5.15 Å². The minimum Gasteiger partial charge on any atom is -0.326 e. The average Bonchev–Trinajstić information content (AvgIpc) is 2.77. The predicted molar refractivity (Wildman–Crippen MR) is 71.8 cm³/mol. The molecule has 6 heteroatoms. The Bertz CT molecular complexity index is 555. The van der Waals surface area contributed by atoms with Crippen molar-refractivity contribution in [2.45, 2.75) is 26.9 Å². The van der Waals surface area contributed by atoms with Crippen molar-refractivity contribution in [2.75, 3.05) is 7.05 Å². The molecule has 0 aliphatic carbocycles. The van der Waals surface area contributed by atoms with Crippen molar-refractivity contribution in [1.29, 1.82) is 0 Å². The van der Waals surface area contributed by atoms with Crippen LogP contribution in [0.4, 0.5) is 0 Å². The van der Waals surface area contributed by atoms with Crippen LogP contribution in [-0.2, 0) is 20.1 Å². The second kappa shape index (κ2) is 5.12. The Kier molecular flexibility index (Phi) is 3.73. The summed E-state index contributed by atoms with van der Waals surface area (Å²) in [7, 11) is 3.78. The highest BCUT2D eigenvalue weighted by molar-refractivity contribution is 6.30. The molecule has 18 heavy (non-hydrogen) atoms. The summed E-state index contributed by atoms with van der Waals surface area (Å²) in [5.41, 5.74) is 3.16. The Balaban J connectivity index is 2.36. The van der Waals surface area contributed by atoms with Crippen molar-refractivity contribution in [1.82, 2.24) is 24.6 Å². The number of imidazole rings is 1. The lowest BCUT2D eigenvalue weighted by Crippen LogP contribution is -2.13. The lowest BCUT2D eigenvalue weighted by Gasteiger charge is -2.10. The molecule has 5 nitrogen and oxygen atoms in total. The van der Waals surface area contributed by atoms with Crippen LogP contribution in [-0.4, -0.2) is 26.4 Å². The van der Waals surface area contributed by atoms with E-state index in [4.69, 9.17) is 11.6 Å². The van der Waals surface area contributed by atoms with Crippen molar-refractivity contribution in [3.8, 4) is 0 Å². The Morgan fingerprint density at radius 3 is 2.67 bits per heavy atom. The zero-order valence-electron chi connectivity index (χ0n) is 11.2. The summed E-state index contributed by atoms with van der Waals surface area (Å²) in [6, 6.07) is 0. The zero-order valence-corrected chi connectivity index (χ0v) is 11.9. The van der Waals surface area contributed by atoms with Crippen LogP contribution in [0.1, 0.15) is 22.8 Å². The molecule has 2 rings (SSSR count). The maximum Gasteiger partial charge on any atom is 0.131 e. The Labute approximate surface area is 112 Å². The van der Waals surface area contributed by atoms with Gasteiger partial charge in [0.15, 0.2) is 0 Å². The molecule has 0 bridgehead atoms. The molecule has 0 aliphatic heterocycles. The molecule has 0 aromatic carbocycles. The van der Waals surface area contributed by atoms with E-state index in [-0.39, 0.29) is 0 Å². The van der Waals surface area contributed by atoms with E-state index in [0.717, 1.165) is 29.3 Å². The molecule has 0 spiro atoms. The van der Waals surface area contributed by atoms with Gasteiger partial charge in [-0.3, -0.25) is 4.68 Å². The molecule has 2 aromatic rings. The van der Waals surface area contributed by atoms with Gasteiger partial charge >= 0.3 is 0 Å². The molecule has 0 saturated heterocycles. The van der Waals surface area contributed by atoms with Gasteiger partial charge in [-0.2, -0.15) is 5.10 Å². The van der Waals surface area contributed by atoms with Crippen LogP contribution < -0.4 is 5.32 Å². The maximum absolute atomic E-state index is 6.26. The van der Waals surface area contributed by atoms with Gasteiger partial charge in [0.05, 0.1) is 17.9 Å². The monoisotopic (exact) mass is 267 g/mol. The molecule has 1 N–H and O–H groups in total. The van der Waals surface area contributed by atoms with Crippen LogP contribution in [0.3, 0.4) is 0 Å². The van der Waals surface area contributed by atoms with Gasteiger partial charge in [0.25, 0.3) is 0 Å². The number of hydrogen-bond acceptors (Lipinski definition) is 3. The van der Waals surface area contributed by atoms with E-state index in [1.54, 1.807) is 4.68 Å². The van der Waals surface area contributed by atoms with Crippen LogP contribution >= 0.6 is 11.6 Å². The quantitative estimate of drug-likeness (QED) is 0.916. The van der Waals surface area contributed by atoms with Crippen molar-refractivity contribution in [3.63, 3.8) is 0 Å². The highest BCUT2D eigenvalue weighted by Gasteiger charge is 2.14. The SMILES string of the molecule is CNCc1cnc(C)n1Cc1c(C)nn(C)c1Cl. The first-order valence-electron chi connectivity index (χ1n) is 5.88. The fraction of sp³-hybridized carbons (Fsp3) is 0.500. The van der Waals surface area contributed by atoms with E-state index in [9.17, 15) is 0 Å². The molecule has 0 unspecified atom stereocenters. The largest absolute Gasteiger partial charge is 0.326 e. The van der Waals surface area contributed by atoms with Crippen molar-refractivity contribution >= 4 is 11.6 Å². The lowest BCUT2D eigenvalue weighted by molar-refractivity contribution is 0.674. The van der Waals surface area contributed by atoms with E-state index in [1.807, 2.05) is 34.1 Å². The minimum absolute atomic E-state index is 0.691. The van der Waals surface area contributed by atoms with Gasteiger partial charge < -0.3 is 9.88 Å². The third-order valence-electron chi connectivity index (χ3n) is 3.08. The summed E-state index contributed by atoms with van der Waals surface area (Å²) in [6.07, 6.45) is 1.89. The number of nitrogens with zero attached hydrogens (tertiary/aromatic N) is 4. The van der Waals surface area contributed by atoms with Gasteiger partial charge in [-0.1, -0.05) is 11.6 Å². The Morgan fingerprint density at radius 2 is 2.11 bits per heavy atom. The van der Waals surface area contributed by atoms with Gasteiger partial charge in [0.1, 0.15) is 11.0 Å². The van der Waals surface area contributed by atoms with Crippen LogP contribution in [0.5, 0.6) is 0 Å². The van der Waals surface area contributed by atoms with Crippen molar-refractivity contribution in [3.05, 3.63) is 34.1 Å². The van der Waals surface area contributed by atoms with Gasteiger partial charge in [0, 0.05) is 25.4 Å². The van der Waals surface area contributed by atoms with E-state index in [1.165, 1.54) is 0 Å². The molecule has 2 heterocycles. The molecule has 0 aliphatic rings. The summed E-state index contributed by atoms with van der Waals surface area (Å²) in [5.74, 6) is 0.986. The molecule has 0 amide bonds. The zero-order chi connectivity index (χ0) is 13.3. The smallest absolute Gasteiger partial charge is 0.131 e. The molecule has 0 radical (unpaired) electrons. The van der Waals surface area contributed by atoms with Gasteiger partial charge in [-0.05, 0) is 20.9 Å². The normalized spacial score (nSPS) is 11.2. The first-order chi connectivity index (χ1) is 8.54. The molecular weight excluding hydrogens is 250 g/mol. The fourth-order valence-electron chi connectivity index (χ4n) is 2.06. The topological polar surface area (TPSA) is 47.7 Å².